The molecule has 0 atom stereocenters. The average molecular weight is 467 g/mol. The van der Waals surface area contributed by atoms with Gasteiger partial charge in [-0.2, -0.15) is 5.10 Å². The quantitative estimate of drug-likeness (QED) is 0.345. The van der Waals surface area contributed by atoms with E-state index in [0.29, 0.717) is 39.1 Å². The maximum absolute atomic E-state index is 12.4. The minimum Gasteiger partial charge on any atom is -0.369 e. The largest absolute Gasteiger partial charge is 0.369 e. The number of aromatic nitrogens is 4. The second kappa shape index (κ2) is 10.3. The Bertz CT molecular complexity index is 1040. The van der Waals surface area contributed by atoms with Crippen molar-refractivity contribution in [3.63, 3.8) is 0 Å². The van der Waals surface area contributed by atoms with Crippen LogP contribution in [0.5, 0.6) is 0 Å². The Morgan fingerprint density at radius 3 is 2.77 bits per heavy atom. The molecule has 3 aromatic rings. The van der Waals surface area contributed by atoms with Crippen molar-refractivity contribution in [3.8, 4) is 0 Å². The highest BCUT2D eigenvalue weighted by atomic mass is 35.5. The number of carbonyl (C=O) groups is 1. The first-order valence-electron chi connectivity index (χ1n) is 9.76. The predicted octanol–water partition coefficient (Wildman–Crippen LogP) is 4.89. The van der Waals surface area contributed by atoms with Gasteiger partial charge in [-0.3, -0.25) is 4.79 Å². The summed E-state index contributed by atoms with van der Waals surface area (Å²) in [6, 6.07) is 4.81. The molecule has 10 heteroatoms. The molecule has 0 radical (unpaired) electrons. The third-order valence-corrected chi connectivity index (χ3v) is 5.57. The molecule has 2 heterocycles. The highest BCUT2D eigenvalue weighted by Crippen LogP contribution is 2.26. The summed E-state index contributed by atoms with van der Waals surface area (Å²) in [5.74, 6) is 0.501. The molecule has 2 aromatic heterocycles. The summed E-state index contributed by atoms with van der Waals surface area (Å²) in [4.78, 5) is 21.8. The topological polar surface area (TPSA) is 84.7 Å². The highest BCUT2D eigenvalue weighted by Gasteiger charge is 2.15. The van der Waals surface area contributed by atoms with Gasteiger partial charge in [0.2, 0.25) is 0 Å². The van der Waals surface area contributed by atoms with Crippen LogP contribution in [0.4, 0.5) is 5.82 Å². The fraction of sp³-hybridized carbons (Fsp3) is 0.400. The zero-order chi connectivity index (χ0) is 21.7. The number of amides is 1. The monoisotopic (exact) mass is 466 g/mol. The first-order valence-corrected chi connectivity index (χ1v) is 11.4. The van der Waals surface area contributed by atoms with Crippen molar-refractivity contribution >= 4 is 57.7 Å². The Morgan fingerprint density at radius 1 is 1.23 bits per heavy atom. The lowest BCUT2D eigenvalue weighted by atomic mass is 10.2. The van der Waals surface area contributed by atoms with E-state index in [4.69, 9.17) is 23.2 Å². The summed E-state index contributed by atoms with van der Waals surface area (Å²) >= 11 is 13.7. The fourth-order valence-electron chi connectivity index (χ4n) is 2.78. The van der Waals surface area contributed by atoms with Crippen LogP contribution in [0.1, 0.15) is 37.6 Å². The van der Waals surface area contributed by atoms with Crippen LogP contribution in [-0.4, -0.2) is 44.0 Å². The summed E-state index contributed by atoms with van der Waals surface area (Å²) in [6.45, 7) is 7.96. The number of nitrogens with one attached hydrogen (secondary N) is 2. The Hall–Kier alpha value is -2.03. The van der Waals surface area contributed by atoms with E-state index >= 15 is 0 Å². The van der Waals surface area contributed by atoms with Crippen LogP contribution in [0, 0.1) is 0 Å². The highest BCUT2D eigenvalue weighted by molar-refractivity contribution is 7.99. The molecular formula is C20H24Cl2N6OS. The van der Waals surface area contributed by atoms with Gasteiger partial charge in [0.15, 0.2) is 10.8 Å². The molecule has 0 unspecified atom stereocenters. The molecule has 160 valence electrons. The molecule has 0 aliphatic heterocycles. The minimum absolute atomic E-state index is 0.282. The molecule has 0 bridgehead atoms. The lowest BCUT2D eigenvalue weighted by molar-refractivity contribution is 0.0952. The standard InChI is InChI=1S/C20H24Cl2N6OS/c1-4-7-23-17-15-11-25-28(18(15)27-20(26-17)30-12(2)3)9-8-24-19(29)14-10-13(21)5-6-16(14)22/h5-6,10-12H,4,7-9H2,1-3H3,(H,24,29)(H,23,26,27). The van der Waals surface area contributed by atoms with Gasteiger partial charge in [0.25, 0.3) is 5.91 Å². The van der Waals surface area contributed by atoms with Gasteiger partial charge in [-0.25, -0.2) is 14.6 Å². The van der Waals surface area contributed by atoms with Crippen molar-refractivity contribution in [1.82, 2.24) is 25.1 Å². The van der Waals surface area contributed by atoms with Crippen molar-refractivity contribution < 1.29 is 4.79 Å². The predicted molar refractivity (Wildman–Crippen MR) is 124 cm³/mol. The molecule has 1 aromatic carbocycles. The Morgan fingerprint density at radius 2 is 2.03 bits per heavy atom. The van der Waals surface area contributed by atoms with Gasteiger partial charge in [-0.15, -0.1) is 0 Å². The second-order valence-corrected chi connectivity index (χ2v) is 9.32. The molecule has 0 aliphatic rings. The van der Waals surface area contributed by atoms with Crippen molar-refractivity contribution in [1.29, 1.82) is 0 Å². The molecule has 2 N–H and O–H groups in total. The maximum Gasteiger partial charge on any atom is 0.252 e. The molecule has 30 heavy (non-hydrogen) atoms. The number of fused-ring (bicyclic) bond motifs is 1. The summed E-state index contributed by atoms with van der Waals surface area (Å²) in [7, 11) is 0. The fourth-order valence-corrected chi connectivity index (χ4v) is 3.86. The SMILES string of the molecule is CCCNc1nc(SC(C)C)nc2c1cnn2CCNC(=O)c1cc(Cl)ccc1Cl. The van der Waals surface area contributed by atoms with Crippen LogP contribution in [0.3, 0.4) is 0 Å². The number of nitrogens with zero attached hydrogens (tertiary/aromatic N) is 4. The van der Waals surface area contributed by atoms with Gasteiger partial charge in [-0.1, -0.05) is 55.7 Å². The molecule has 0 saturated carbocycles. The van der Waals surface area contributed by atoms with Gasteiger partial charge in [-0.05, 0) is 24.6 Å². The van der Waals surface area contributed by atoms with Crippen molar-refractivity contribution in [3.05, 3.63) is 40.0 Å². The van der Waals surface area contributed by atoms with Gasteiger partial charge < -0.3 is 10.6 Å². The molecular weight excluding hydrogens is 443 g/mol. The first-order chi connectivity index (χ1) is 14.4. The number of halogens is 2. The van der Waals surface area contributed by atoms with Gasteiger partial charge >= 0.3 is 0 Å². The maximum atomic E-state index is 12.4. The Balaban J connectivity index is 1.77. The summed E-state index contributed by atoms with van der Waals surface area (Å²) in [6.07, 6.45) is 2.75. The van der Waals surface area contributed by atoms with Gasteiger partial charge in [0, 0.05) is 23.4 Å². The van der Waals surface area contributed by atoms with Crippen molar-refractivity contribution in [2.45, 2.75) is 44.1 Å². The van der Waals surface area contributed by atoms with Crippen LogP contribution in [0.2, 0.25) is 10.0 Å². The Kier molecular flexibility index (Phi) is 7.80. The van der Waals surface area contributed by atoms with Crippen LogP contribution in [0.15, 0.2) is 29.6 Å². The van der Waals surface area contributed by atoms with Gasteiger partial charge in [0.1, 0.15) is 5.82 Å². The van der Waals surface area contributed by atoms with Crippen LogP contribution >= 0.6 is 35.0 Å². The van der Waals surface area contributed by atoms with E-state index in [-0.39, 0.29) is 5.91 Å². The zero-order valence-electron chi connectivity index (χ0n) is 17.1. The van der Waals surface area contributed by atoms with E-state index < -0.39 is 0 Å². The van der Waals surface area contributed by atoms with E-state index in [1.807, 2.05) is 0 Å². The Labute approximate surface area is 189 Å². The number of hydrogen-bond acceptors (Lipinski definition) is 6. The number of anilines is 1. The number of carbonyl (C=O) groups excluding carboxylic acids is 1. The normalized spacial score (nSPS) is 11.3. The average Bonchev–Trinajstić information content (AvgIpc) is 3.10. The molecule has 1 amide bonds. The first kappa shape index (κ1) is 22.7. The second-order valence-electron chi connectivity index (χ2n) is 6.93. The van der Waals surface area contributed by atoms with Crippen molar-refractivity contribution in [2.24, 2.45) is 0 Å². The van der Waals surface area contributed by atoms with E-state index in [9.17, 15) is 4.79 Å². The summed E-state index contributed by atoms with van der Waals surface area (Å²) < 4.78 is 1.78. The van der Waals surface area contributed by atoms with Crippen LogP contribution in [0.25, 0.3) is 11.0 Å². The molecule has 0 spiro atoms. The molecule has 0 aliphatic carbocycles. The molecule has 0 fully saturated rings. The van der Waals surface area contributed by atoms with E-state index in [2.05, 4.69) is 46.5 Å². The third kappa shape index (κ3) is 5.56. The number of hydrogen-bond donors (Lipinski definition) is 2. The minimum atomic E-state index is -0.282. The van der Waals surface area contributed by atoms with E-state index in [1.54, 1.807) is 40.8 Å². The molecule has 0 saturated heterocycles. The lowest BCUT2D eigenvalue weighted by Crippen LogP contribution is -2.27. The smallest absolute Gasteiger partial charge is 0.252 e. The molecule has 3 rings (SSSR count). The summed E-state index contributed by atoms with van der Waals surface area (Å²) in [5.41, 5.74) is 1.08. The van der Waals surface area contributed by atoms with E-state index in [1.165, 1.54) is 0 Å². The van der Waals surface area contributed by atoms with Crippen molar-refractivity contribution in [2.75, 3.05) is 18.4 Å². The number of benzene rings is 1. The number of thioether (sulfide) groups is 1. The number of rotatable bonds is 9. The van der Waals surface area contributed by atoms with Crippen LogP contribution in [-0.2, 0) is 6.54 Å². The third-order valence-electron chi connectivity index (χ3n) is 4.14. The summed E-state index contributed by atoms with van der Waals surface area (Å²) in [5, 5.41) is 13.4. The van der Waals surface area contributed by atoms with E-state index in [0.717, 1.165) is 29.8 Å². The zero-order valence-corrected chi connectivity index (χ0v) is 19.4. The van der Waals surface area contributed by atoms with Crippen LogP contribution < -0.4 is 10.6 Å². The lowest BCUT2D eigenvalue weighted by Gasteiger charge is -2.11. The van der Waals surface area contributed by atoms with Gasteiger partial charge in [0.05, 0.1) is 28.7 Å². The molecule has 7 nitrogen and oxygen atoms in total.